The first-order chi connectivity index (χ1) is 16.0. The molecule has 8 heteroatoms. The van der Waals surface area contributed by atoms with E-state index in [1.165, 1.54) is 11.0 Å². The first kappa shape index (κ1) is 20.6. The summed E-state index contributed by atoms with van der Waals surface area (Å²) in [7, 11) is 1.83. The molecule has 1 fully saturated rings. The van der Waals surface area contributed by atoms with Crippen LogP contribution in [0.2, 0.25) is 0 Å². The Morgan fingerprint density at radius 1 is 0.909 bits per heavy atom. The van der Waals surface area contributed by atoms with Crippen LogP contribution in [-0.4, -0.2) is 26.5 Å². The third kappa shape index (κ3) is 3.88. The van der Waals surface area contributed by atoms with Crippen molar-refractivity contribution in [3.05, 3.63) is 90.3 Å². The maximum absolute atomic E-state index is 13.3. The van der Waals surface area contributed by atoms with Crippen LogP contribution >= 0.6 is 12.2 Å². The van der Waals surface area contributed by atoms with Crippen molar-refractivity contribution in [1.82, 2.24) is 14.9 Å². The van der Waals surface area contributed by atoms with E-state index in [0.29, 0.717) is 23.0 Å². The van der Waals surface area contributed by atoms with Crippen molar-refractivity contribution in [2.75, 3.05) is 4.90 Å². The fourth-order valence-electron chi connectivity index (χ4n) is 3.60. The summed E-state index contributed by atoms with van der Waals surface area (Å²) < 4.78 is 7.63. The van der Waals surface area contributed by atoms with E-state index in [1.807, 2.05) is 66.2 Å². The lowest BCUT2D eigenvalue weighted by Gasteiger charge is -2.28. The molecule has 0 radical (unpaired) electrons. The standard InChI is InChI=1S/C25H18N4O3S/c1-28-21-10-6-5-9-20(21)26-22(28)15-19-23(30)27-25(33)29(24(19)31)16-11-13-18(14-12-16)32-17-7-3-2-4-8-17/h2-15H,1H3,(H,27,30,33). The normalized spacial score (nSPS) is 15.2. The molecule has 1 N–H and O–H groups in total. The van der Waals surface area contributed by atoms with Gasteiger partial charge in [0.15, 0.2) is 5.11 Å². The monoisotopic (exact) mass is 454 g/mol. The molecule has 0 spiro atoms. The van der Waals surface area contributed by atoms with E-state index in [4.69, 9.17) is 17.0 Å². The first-order valence-corrected chi connectivity index (χ1v) is 10.6. The van der Waals surface area contributed by atoms with Crippen molar-refractivity contribution >= 4 is 51.9 Å². The molecule has 3 aromatic carbocycles. The molecule has 0 aliphatic carbocycles. The molecule has 0 bridgehead atoms. The van der Waals surface area contributed by atoms with E-state index in [-0.39, 0.29) is 10.7 Å². The number of benzene rings is 3. The number of carbonyl (C=O) groups is 2. The maximum Gasteiger partial charge on any atom is 0.270 e. The van der Waals surface area contributed by atoms with Crippen LogP contribution in [0.1, 0.15) is 5.82 Å². The molecule has 2 amide bonds. The topological polar surface area (TPSA) is 76.5 Å². The van der Waals surface area contributed by atoms with Crippen molar-refractivity contribution in [1.29, 1.82) is 0 Å². The largest absolute Gasteiger partial charge is 0.457 e. The lowest BCUT2D eigenvalue weighted by atomic mass is 10.1. The second-order valence-corrected chi connectivity index (χ2v) is 7.77. The van der Waals surface area contributed by atoms with Gasteiger partial charge in [-0.15, -0.1) is 0 Å². The van der Waals surface area contributed by atoms with Gasteiger partial charge in [0.05, 0.1) is 16.7 Å². The molecule has 1 aliphatic rings. The predicted octanol–water partition coefficient (Wildman–Crippen LogP) is 4.20. The predicted molar refractivity (Wildman–Crippen MR) is 130 cm³/mol. The minimum absolute atomic E-state index is 0.0175. The molecule has 162 valence electrons. The smallest absolute Gasteiger partial charge is 0.270 e. The van der Waals surface area contributed by atoms with Gasteiger partial charge >= 0.3 is 0 Å². The summed E-state index contributed by atoms with van der Waals surface area (Å²) in [5.41, 5.74) is 2.14. The fourth-order valence-corrected chi connectivity index (χ4v) is 3.88. The molecule has 1 saturated heterocycles. The van der Waals surface area contributed by atoms with E-state index in [9.17, 15) is 9.59 Å². The molecule has 4 aromatic rings. The average Bonchev–Trinajstić information content (AvgIpc) is 3.14. The summed E-state index contributed by atoms with van der Waals surface area (Å²) in [5.74, 6) is 0.730. The van der Waals surface area contributed by atoms with Crippen LogP contribution in [0.25, 0.3) is 17.1 Å². The number of aryl methyl sites for hydroxylation is 1. The number of nitrogens with one attached hydrogen (secondary N) is 1. The average molecular weight is 455 g/mol. The fraction of sp³-hybridized carbons (Fsp3) is 0.0400. The Kier molecular flexibility index (Phi) is 5.20. The van der Waals surface area contributed by atoms with Gasteiger partial charge in [-0.3, -0.25) is 19.8 Å². The number of hydrogen-bond donors (Lipinski definition) is 1. The van der Waals surface area contributed by atoms with Crippen LogP contribution in [0.3, 0.4) is 0 Å². The number of aromatic nitrogens is 2. The molecule has 0 atom stereocenters. The van der Waals surface area contributed by atoms with Crippen LogP contribution in [0.4, 0.5) is 5.69 Å². The van der Waals surface area contributed by atoms with Crippen LogP contribution < -0.4 is 15.0 Å². The van der Waals surface area contributed by atoms with Crippen LogP contribution in [-0.2, 0) is 16.6 Å². The Bertz CT molecular complexity index is 1430. The van der Waals surface area contributed by atoms with Crippen molar-refractivity contribution in [2.24, 2.45) is 7.05 Å². The van der Waals surface area contributed by atoms with Crippen molar-refractivity contribution < 1.29 is 14.3 Å². The zero-order valence-electron chi connectivity index (χ0n) is 17.6. The molecule has 1 aromatic heterocycles. The first-order valence-electron chi connectivity index (χ1n) is 10.2. The number of para-hydroxylation sites is 3. The van der Waals surface area contributed by atoms with E-state index in [2.05, 4.69) is 10.3 Å². The maximum atomic E-state index is 13.3. The van der Waals surface area contributed by atoms with Gasteiger partial charge in [0.25, 0.3) is 11.8 Å². The number of amides is 2. The number of carbonyl (C=O) groups excluding carboxylic acids is 2. The van der Waals surface area contributed by atoms with Crippen LogP contribution in [0, 0.1) is 0 Å². The highest BCUT2D eigenvalue weighted by atomic mass is 32.1. The van der Waals surface area contributed by atoms with E-state index in [1.54, 1.807) is 24.3 Å². The Hall–Kier alpha value is -4.30. The van der Waals surface area contributed by atoms with Gasteiger partial charge in [-0.1, -0.05) is 30.3 Å². The molecule has 0 saturated carbocycles. The van der Waals surface area contributed by atoms with Crippen LogP contribution in [0.15, 0.2) is 84.4 Å². The third-order valence-corrected chi connectivity index (χ3v) is 5.56. The van der Waals surface area contributed by atoms with Crippen LogP contribution in [0.5, 0.6) is 11.5 Å². The number of nitrogens with zero attached hydrogens (tertiary/aromatic N) is 3. The van der Waals surface area contributed by atoms with Crippen molar-refractivity contribution in [2.45, 2.75) is 0 Å². The second-order valence-electron chi connectivity index (χ2n) is 7.38. The number of fused-ring (bicyclic) bond motifs is 1. The molecule has 2 heterocycles. The van der Waals surface area contributed by atoms with Gasteiger partial charge in [-0.05, 0) is 66.8 Å². The number of hydrogen-bond acceptors (Lipinski definition) is 5. The molecular weight excluding hydrogens is 436 g/mol. The van der Waals surface area contributed by atoms with E-state index >= 15 is 0 Å². The number of ether oxygens (including phenoxy) is 1. The lowest BCUT2D eigenvalue weighted by Crippen LogP contribution is -2.54. The van der Waals surface area contributed by atoms with Gasteiger partial charge in [0.2, 0.25) is 0 Å². The highest BCUT2D eigenvalue weighted by molar-refractivity contribution is 7.80. The number of imidazole rings is 1. The number of thiocarbonyl (C=S) groups is 1. The van der Waals surface area contributed by atoms with Gasteiger partial charge in [-0.25, -0.2) is 4.98 Å². The summed E-state index contributed by atoms with van der Waals surface area (Å²) in [5, 5.41) is 2.61. The highest BCUT2D eigenvalue weighted by Gasteiger charge is 2.35. The van der Waals surface area contributed by atoms with E-state index in [0.717, 1.165) is 11.0 Å². The number of rotatable bonds is 4. The Morgan fingerprint density at radius 3 is 2.30 bits per heavy atom. The number of anilines is 1. The Morgan fingerprint density at radius 2 is 1.58 bits per heavy atom. The summed E-state index contributed by atoms with van der Waals surface area (Å²) >= 11 is 5.29. The van der Waals surface area contributed by atoms with Gasteiger partial charge < -0.3 is 9.30 Å². The molecule has 33 heavy (non-hydrogen) atoms. The molecular formula is C25H18N4O3S. The second kappa shape index (κ2) is 8.33. The van der Waals surface area contributed by atoms with Crippen molar-refractivity contribution in [3.8, 4) is 11.5 Å². The van der Waals surface area contributed by atoms with Gasteiger partial charge in [0.1, 0.15) is 22.9 Å². The summed E-state index contributed by atoms with van der Waals surface area (Å²) in [6.07, 6.45) is 1.49. The molecule has 7 nitrogen and oxygen atoms in total. The summed E-state index contributed by atoms with van der Waals surface area (Å²) in [4.78, 5) is 31.7. The van der Waals surface area contributed by atoms with Gasteiger partial charge in [-0.2, -0.15) is 0 Å². The molecule has 0 unspecified atom stereocenters. The van der Waals surface area contributed by atoms with Crippen molar-refractivity contribution in [3.63, 3.8) is 0 Å². The third-order valence-electron chi connectivity index (χ3n) is 5.27. The lowest BCUT2D eigenvalue weighted by molar-refractivity contribution is -0.122. The Labute approximate surface area is 194 Å². The molecule has 5 rings (SSSR count). The highest BCUT2D eigenvalue weighted by Crippen LogP contribution is 2.27. The zero-order valence-corrected chi connectivity index (χ0v) is 18.4. The quantitative estimate of drug-likeness (QED) is 0.284. The van der Waals surface area contributed by atoms with E-state index < -0.39 is 11.8 Å². The SMILES string of the molecule is Cn1c(C=C2C(=O)NC(=S)N(c3ccc(Oc4ccccc4)cc3)C2=O)nc2ccccc21. The Balaban J connectivity index is 1.45. The van der Waals surface area contributed by atoms with Gasteiger partial charge in [0, 0.05) is 7.05 Å². The minimum atomic E-state index is -0.558. The summed E-state index contributed by atoms with van der Waals surface area (Å²) in [6.45, 7) is 0. The summed E-state index contributed by atoms with van der Waals surface area (Å²) in [6, 6.07) is 23.9. The minimum Gasteiger partial charge on any atom is -0.457 e. The zero-order chi connectivity index (χ0) is 22.9. The molecule has 1 aliphatic heterocycles.